The molecule has 2 amide bonds. The lowest BCUT2D eigenvalue weighted by Crippen LogP contribution is -2.32. The molecule has 0 aliphatic carbocycles. The Balaban J connectivity index is 1.09. The van der Waals surface area contributed by atoms with Gasteiger partial charge < -0.3 is 35.0 Å². The summed E-state index contributed by atoms with van der Waals surface area (Å²) in [5.41, 5.74) is 4.04. The van der Waals surface area contributed by atoms with Gasteiger partial charge in [0, 0.05) is 53.3 Å². The first-order chi connectivity index (χ1) is 18.0. The highest BCUT2D eigenvalue weighted by Gasteiger charge is 2.23. The molecule has 194 valence electrons. The quantitative estimate of drug-likeness (QED) is 0.257. The van der Waals surface area contributed by atoms with E-state index in [2.05, 4.69) is 32.5 Å². The molecule has 4 aromatic rings. The fourth-order valence-electron chi connectivity index (χ4n) is 5.10. The first-order valence-corrected chi connectivity index (χ1v) is 12.8. The van der Waals surface area contributed by atoms with E-state index in [1.807, 2.05) is 49.6 Å². The monoisotopic (exact) mass is 503 g/mol. The molecule has 9 heteroatoms. The number of H-pyrrole nitrogens is 2. The second-order valence-corrected chi connectivity index (χ2v) is 9.61. The van der Waals surface area contributed by atoms with Gasteiger partial charge in [-0.3, -0.25) is 0 Å². The normalized spacial score (nSPS) is 15.8. The Morgan fingerprint density at radius 3 is 2.22 bits per heavy atom. The van der Waals surface area contributed by atoms with Gasteiger partial charge in [0.2, 0.25) is 0 Å². The first kappa shape index (κ1) is 24.7. The Morgan fingerprint density at radius 2 is 1.57 bits per heavy atom. The molecule has 0 bridgehead atoms. The summed E-state index contributed by atoms with van der Waals surface area (Å²) in [6.07, 6.45) is 6.69. The molecule has 1 saturated heterocycles. The zero-order valence-electron chi connectivity index (χ0n) is 21.2. The summed E-state index contributed by atoms with van der Waals surface area (Å²) >= 11 is 0. The molecule has 2 aromatic heterocycles. The maximum absolute atomic E-state index is 12.5. The molecule has 1 atom stereocenters. The number of hydrogen-bond acceptors (Lipinski definition) is 5. The Kier molecular flexibility index (Phi) is 7.32. The Labute approximate surface area is 215 Å². The molecule has 1 aliphatic heterocycles. The summed E-state index contributed by atoms with van der Waals surface area (Å²) in [7, 11) is 2.16. The van der Waals surface area contributed by atoms with Crippen molar-refractivity contribution in [2.75, 3.05) is 26.7 Å². The zero-order chi connectivity index (χ0) is 25.8. The molecular formula is C28H33N5O4. The highest BCUT2D eigenvalue weighted by Crippen LogP contribution is 2.32. The molecule has 1 unspecified atom stereocenters. The summed E-state index contributed by atoms with van der Waals surface area (Å²) in [5.74, 6) is 1.05. The molecule has 37 heavy (non-hydrogen) atoms. The van der Waals surface area contributed by atoms with Crippen LogP contribution >= 0.6 is 0 Å². The van der Waals surface area contributed by atoms with Crippen LogP contribution in [0.3, 0.4) is 0 Å². The third kappa shape index (κ3) is 5.56. The van der Waals surface area contributed by atoms with Crippen LogP contribution in [0.5, 0.6) is 11.5 Å². The predicted octanol–water partition coefficient (Wildman–Crippen LogP) is 4.86. The Bertz CT molecular complexity index is 1410. The molecule has 2 aromatic carbocycles. The highest BCUT2D eigenvalue weighted by molar-refractivity contribution is 5.92. The van der Waals surface area contributed by atoms with E-state index in [1.54, 1.807) is 6.07 Å². The minimum atomic E-state index is -0.532. The maximum atomic E-state index is 12.5. The molecular weight excluding hydrogens is 470 g/mol. The van der Waals surface area contributed by atoms with Gasteiger partial charge in [-0.15, -0.1) is 0 Å². The minimum Gasteiger partial charge on any atom is -0.410 e. The van der Waals surface area contributed by atoms with Gasteiger partial charge in [0.1, 0.15) is 11.5 Å². The number of aromatic nitrogens is 2. The van der Waals surface area contributed by atoms with Crippen molar-refractivity contribution < 1.29 is 19.1 Å². The number of amides is 2. The Morgan fingerprint density at radius 1 is 0.946 bits per heavy atom. The molecule has 0 radical (unpaired) electrons. The maximum Gasteiger partial charge on any atom is 0.412 e. The minimum absolute atomic E-state index is 0.355. The molecule has 3 heterocycles. The third-order valence-electron chi connectivity index (χ3n) is 7.04. The fourth-order valence-corrected chi connectivity index (χ4v) is 5.10. The van der Waals surface area contributed by atoms with Crippen molar-refractivity contribution in [1.82, 2.24) is 25.5 Å². The number of fused-ring (bicyclic) bond motifs is 2. The van der Waals surface area contributed by atoms with Gasteiger partial charge in [-0.1, -0.05) is 12.1 Å². The van der Waals surface area contributed by atoms with E-state index in [-0.39, 0.29) is 0 Å². The zero-order valence-corrected chi connectivity index (χ0v) is 21.2. The van der Waals surface area contributed by atoms with Crippen molar-refractivity contribution in [3.05, 3.63) is 59.9 Å². The third-order valence-corrected chi connectivity index (χ3v) is 7.04. The van der Waals surface area contributed by atoms with E-state index in [0.717, 1.165) is 45.9 Å². The smallest absolute Gasteiger partial charge is 0.410 e. The molecule has 0 spiro atoms. The number of likely N-dealkylation sites (N-methyl/N-ethyl adjacent to an activating group) is 1. The van der Waals surface area contributed by atoms with Crippen molar-refractivity contribution in [3.63, 3.8) is 0 Å². The number of aromatic amines is 2. The van der Waals surface area contributed by atoms with Crippen LogP contribution in [-0.4, -0.2) is 59.8 Å². The number of nitrogens with one attached hydrogen (secondary N) is 4. The van der Waals surface area contributed by atoms with Crippen molar-refractivity contribution >= 4 is 34.0 Å². The number of aryl methyl sites for hydroxylation is 1. The van der Waals surface area contributed by atoms with Crippen LogP contribution in [0.4, 0.5) is 9.59 Å². The van der Waals surface area contributed by atoms with Crippen molar-refractivity contribution in [2.24, 2.45) is 0 Å². The van der Waals surface area contributed by atoms with Gasteiger partial charge in [-0.2, -0.15) is 0 Å². The average molecular weight is 504 g/mol. The van der Waals surface area contributed by atoms with Gasteiger partial charge in [0.15, 0.2) is 0 Å². The lowest BCUT2D eigenvalue weighted by molar-refractivity contribution is 0.199. The number of hydrogen-bond donors (Lipinski definition) is 4. The number of ether oxygens (including phenoxy) is 2. The van der Waals surface area contributed by atoms with Crippen LogP contribution in [0.15, 0.2) is 48.8 Å². The second-order valence-electron chi connectivity index (χ2n) is 9.61. The first-order valence-electron chi connectivity index (χ1n) is 12.8. The van der Waals surface area contributed by atoms with Crippen LogP contribution in [0.2, 0.25) is 0 Å². The van der Waals surface area contributed by atoms with Crippen LogP contribution < -0.4 is 20.1 Å². The molecule has 0 saturated carbocycles. The van der Waals surface area contributed by atoms with Gasteiger partial charge >= 0.3 is 12.2 Å². The van der Waals surface area contributed by atoms with E-state index in [4.69, 9.17) is 9.47 Å². The van der Waals surface area contributed by atoms with E-state index in [9.17, 15) is 9.59 Å². The van der Waals surface area contributed by atoms with Crippen LogP contribution in [-0.2, 0) is 6.42 Å². The van der Waals surface area contributed by atoms with Crippen LogP contribution in [0.1, 0.15) is 30.4 Å². The summed E-state index contributed by atoms with van der Waals surface area (Å²) in [5, 5.41) is 7.33. The number of rotatable bonds is 8. The average Bonchev–Trinajstić information content (AvgIpc) is 3.59. The van der Waals surface area contributed by atoms with Crippen molar-refractivity contribution in [3.8, 4) is 11.5 Å². The topological polar surface area (TPSA) is 111 Å². The number of carbonyl (C=O) groups excluding carboxylic acids is 2. The second kappa shape index (κ2) is 11.0. The van der Waals surface area contributed by atoms with Crippen molar-refractivity contribution in [1.29, 1.82) is 0 Å². The lowest BCUT2D eigenvalue weighted by atomic mass is 10.0. The number of carbonyl (C=O) groups is 2. The SMILES string of the molecule is Cc1c[nH]c2cccc(OC(=O)NCCCNC(=O)Oc3cccc4[nH]cc(CC5CCCN5C)c34)c12. The molecule has 9 nitrogen and oxygen atoms in total. The molecule has 1 aliphatic rings. The molecule has 4 N–H and O–H groups in total. The van der Waals surface area contributed by atoms with E-state index in [1.165, 1.54) is 12.8 Å². The lowest BCUT2D eigenvalue weighted by Gasteiger charge is -2.19. The Hall–Kier alpha value is -3.98. The van der Waals surface area contributed by atoms with E-state index in [0.29, 0.717) is 37.1 Å². The number of benzene rings is 2. The van der Waals surface area contributed by atoms with Crippen LogP contribution in [0.25, 0.3) is 21.8 Å². The molecule has 1 fully saturated rings. The largest absolute Gasteiger partial charge is 0.412 e. The van der Waals surface area contributed by atoms with Crippen molar-refractivity contribution in [2.45, 2.75) is 38.6 Å². The summed E-state index contributed by atoms with van der Waals surface area (Å²) < 4.78 is 11.2. The summed E-state index contributed by atoms with van der Waals surface area (Å²) in [6, 6.07) is 11.7. The number of nitrogens with zero attached hydrogens (tertiary/aromatic N) is 1. The number of likely N-dealkylation sites (tertiary alicyclic amines) is 1. The summed E-state index contributed by atoms with van der Waals surface area (Å²) in [6.45, 7) is 3.79. The summed E-state index contributed by atoms with van der Waals surface area (Å²) in [4.78, 5) is 33.6. The highest BCUT2D eigenvalue weighted by atomic mass is 16.6. The van der Waals surface area contributed by atoms with Gasteiger partial charge in [0.25, 0.3) is 0 Å². The van der Waals surface area contributed by atoms with E-state index < -0.39 is 12.2 Å². The predicted molar refractivity (Wildman–Crippen MR) is 143 cm³/mol. The van der Waals surface area contributed by atoms with Crippen LogP contribution in [0, 0.1) is 6.92 Å². The van der Waals surface area contributed by atoms with E-state index >= 15 is 0 Å². The molecule has 5 rings (SSSR count). The van der Waals surface area contributed by atoms with Gasteiger partial charge in [0.05, 0.1) is 0 Å². The van der Waals surface area contributed by atoms with Gasteiger partial charge in [-0.25, -0.2) is 9.59 Å². The van der Waals surface area contributed by atoms with Gasteiger partial charge in [-0.05, 0) is 81.6 Å². The fraction of sp³-hybridized carbons (Fsp3) is 0.357. The standard InChI is InChI=1S/C28H33N5O4/c1-18-16-31-21-8-3-10-23(25(18)21)36-27(34)29-12-6-13-30-28(35)37-24-11-4-9-22-26(24)19(17-32-22)15-20-7-5-14-33(20)2/h3-4,8-11,16-17,20,31-32H,5-7,12-15H2,1-2H3,(H,29,34)(H,30,35).